The monoisotopic (exact) mass is 269 g/mol. The third-order valence-corrected chi connectivity index (χ3v) is 5.20. The van der Waals surface area contributed by atoms with E-state index in [4.69, 9.17) is 0 Å². The standard InChI is InChI=1S/C18H37O/c1-6-11-14-17(9-4,10-5)18(19,15-12-7-2)16-13-8-3/h6-16H2,1-5H3. The molecular formula is C18H37O. The summed E-state index contributed by atoms with van der Waals surface area (Å²) in [6, 6.07) is 0. The number of unbranched alkanes of at least 4 members (excludes halogenated alkanes) is 3. The average molecular weight is 269 g/mol. The summed E-state index contributed by atoms with van der Waals surface area (Å²) in [6.45, 7) is 11.1. The van der Waals surface area contributed by atoms with Crippen LogP contribution in [0.2, 0.25) is 0 Å². The Morgan fingerprint density at radius 2 is 1.00 bits per heavy atom. The molecule has 0 unspecified atom stereocenters. The predicted octanol–water partition coefficient (Wildman–Crippen LogP) is 6.53. The number of hydrogen-bond acceptors (Lipinski definition) is 0. The summed E-state index contributed by atoms with van der Waals surface area (Å²) in [6.07, 6.45) is 11.9. The highest BCUT2D eigenvalue weighted by Crippen LogP contribution is 2.48. The fourth-order valence-electron chi connectivity index (χ4n) is 3.57. The molecule has 0 aromatic carbocycles. The lowest BCUT2D eigenvalue weighted by molar-refractivity contribution is -0.154. The third-order valence-electron chi connectivity index (χ3n) is 5.20. The molecule has 0 atom stereocenters. The highest BCUT2D eigenvalue weighted by atomic mass is 16.3. The van der Waals surface area contributed by atoms with Gasteiger partial charge in [-0.2, -0.15) is 0 Å². The molecule has 1 radical (unpaired) electrons. The van der Waals surface area contributed by atoms with Crippen LogP contribution in [0.15, 0.2) is 0 Å². The Kier molecular flexibility index (Phi) is 9.78. The Hall–Kier alpha value is -0.0400. The maximum atomic E-state index is 13.6. The van der Waals surface area contributed by atoms with Crippen molar-refractivity contribution in [1.29, 1.82) is 0 Å². The van der Waals surface area contributed by atoms with Crippen LogP contribution in [0.4, 0.5) is 0 Å². The third kappa shape index (κ3) is 5.10. The van der Waals surface area contributed by atoms with Gasteiger partial charge in [-0.05, 0) is 32.1 Å². The summed E-state index contributed by atoms with van der Waals surface area (Å²) >= 11 is 0. The van der Waals surface area contributed by atoms with Crippen LogP contribution in [0.25, 0.3) is 0 Å². The highest BCUT2D eigenvalue weighted by molar-refractivity contribution is 4.97. The second kappa shape index (κ2) is 9.80. The van der Waals surface area contributed by atoms with Gasteiger partial charge in [0, 0.05) is 5.41 Å². The molecule has 0 bridgehead atoms. The maximum absolute atomic E-state index is 13.6. The lowest BCUT2D eigenvalue weighted by atomic mass is 9.61. The molecule has 0 aromatic heterocycles. The van der Waals surface area contributed by atoms with Crippen molar-refractivity contribution in [3.05, 3.63) is 0 Å². The molecule has 0 spiro atoms. The summed E-state index contributed by atoms with van der Waals surface area (Å²) in [4.78, 5) is 0. The lowest BCUT2D eigenvalue weighted by Crippen LogP contribution is -2.47. The maximum Gasteiger partial charge on any atom is 0.109 e. The molecule has 0 saturated heterocycles. The normalized spacial score (nSPS) is 12.9. The molecule has 0 N–H and O–H groups in total. The van der Waals surface area contributed by atoms with Crippen molar-refractivity contribution in [2.45, 2.75) is 111 Å². The molecule has 0 aliphatic heterocycles. The van der Waals surface area contributed by atoms with Crippen molar-refractivity contribution in [2.24, 2.45) is 5.41 Å². The van der Waals surface area contributed by atoms with E-state index < -0.39 is 5.60 Å². The van der Waals surface area contributed by atoms with Gasteiger partial charge in [-0.25, -0.2) is 5.11 Å². The Bertz CT molecular complexity index is 198. The first-order chi connectivity index (χ1) is 9.05. The molecule has 0 fully saturated rings. The molecule has 0 amide bonds. The molecule has 0 saturated carbocycles. The molecule has 0 aromatic rings. The van der Waals surface area contributed by atoms with E-state index in [0.717, 1.165) is 57.8 Å². The van der Waals surface area contributed by atoms with Crippen LogP contribution >= 0.6 is 0 Å². The topological polar surface area (TPSA) is 19.9 Å². The Labute approximate surface area is 122 Å². The summed E-state index contributed by atoms with van der Waals surface area (Å²) in [7, 11) is 0. The van der Waals surface area contributed by atoms with Crippen LogP contribution in [0.5, 0.6) is 0 Å². The van der Waals surface area contributed by atoms with Gasteiger partial charge in [-0.15, -0.1) is 0 Å². The predicted molar refractivity (Wildman–Crippen MR) is 85.0 cm³/mol. The number of rotatable bonds is 12. The molecule has 1 nitrogen and oxygen atoms in total. The molecule has 0 rings (SSSR count). The van der Waals surface area contributed by atoms with Crippen LogP contribution < -0.4 is 0 Å². The second-order valence-electron chi connectivity index (χ2n) is 6.29. The zero-order valence-corrected chi connectivity index (χ0v) is 14.2. The summed E-state index contributed by atoms with van der Waals surface area (Å²) in [5.41, 5.74) is -0.648. The first kappa shape index (κ1) is 19.0. The van der Waals surface area contributed by atoms with E-state index in [1.54, 1.807) is 0 Å². The SMILES string of the molecule is CCCCC([O])(CCCC)C(CC)(CC)CCCC. The Balaban J connectivity index is 5.08. The minimum absolute atomic E-state index is 0.0351. The highest BCUT2D eigenvalue weighted by Gasteiger charge is 2.47. The van der Waals surface area contributed by atoms with Crippen molar-refractivity contribution in [2.75, 3.05) is 0 Å². The van der Waals surface area contributed by atoms with Gasteiger partial charge in [-0.3, -0.25) is 0 Å². The van der Waals surface area contributed by atoms with Gasteiger partial charge in [0.05, 0.1) is 0 Å². The van der Waals surface area contributed by atoms with Gasteiger partial charge in [0.15, 0.2) is 0 Å². The minimum atomic E-state index is -0.683. The zero-order chi connectivity index (χ0) is 14.8. The second-order valence-corrected chi connectivity index (χ2v) is 6.29. The molecular weight excluding hydrogens is 232 g/mol. The van der Waals surface area contributed by atoms with Crippen molar-refractivity contribution >= 4 is 0 Å². The Morgan fingerprint density at radius 1 is 0.632 bits per heavy atom. The smallest absolute Gasteiger partial charge is 0.109 e. The lowest BCUT2D eigenvalue weighted by Gasteiger charge is -2.46. The Morgan fingerprint density at radius 3 is 1.32 bits per heavy atom. The fraction of sp³-hybridized carbons (Fsp3) is 1.00. The molecule has 19 heavy (non-hydrogen) atoms. The van der Waals surface area contributed by atoms with Crippen molar-refractivity contribution in [1.82, 2.24) is 0 Å². The van der Waals surface area contributed by atoms with Crippen LogP contribution in [0, 0.1) is 5.41 Å². The molecule has 0 heterocycles. The van der Waals surface area contributed by atoms with Crippen LogP contribution in [-0.2, 0) is 5.11 Å². The van der Waals surface area contributed by atoms with E-state index in [1.807, 2.05) is 0 Å². The van der Waals surface area contributed by atoms with Gasteiger partial charge in [0.2, 0.25) is 0 Å². The van der Waals surface area contributed by atoms with Crippen LogP contribution in [0.3, 0.4) is 0 Å². The zero-order valence-electron chi connectivity index (χ0n) is 14.2. The largest absolute Gasteiger partial charge is 0.229 e. The summed E-state index contributed by atoms with van der Waals surface area (Å²) < 4.78 is 0. The minimum Gasteiger partial charge on any atom is -0.229 e. The van der Waals surface area contributed by atoms with Crippen LogP contribution in [-0.4, -0.2) is 5.60 Å². The van der Waals surface area contributed by atoms with E-state index >= 15 is 0 Å². The van der Waals surface area contributed by atoms with Crippen LogP contribution in [0.1, 0.15) is 105 Å². The van der Waals surface area contributed by atoms with Gasteiger partial charge < -0.3 is 0 Å². The molecule has 115 valence electrons. The van der Waals surface area contributed by atoms with Gasteiger partial charge in [-0.1, -0.05) is 73.1 Å². The van der Waals surface area contributed by atoms with E-state index in [-0.39, 0.29) is 5.41 Å². The van der Waals surface area contributed by atoms with E-state index in [0.29, 0.717) is 0 Å². The van der Waals surface area contributed by atoms with Gasteiger partial charge in [0.25, 0.3) is 0 Å². The quantitative estimate of drug-likeness (QED) is 0.384. The van der Waals surface area contributed by atoms with E-state index in [9.17, 15) is 5.11 Å². The molecule has 0 aliphatic rings. The summed E-state index contributed by atoms with van der Waals surface area (Å²) in [5, 5.41) is 13.6. The van der Waals surface area contributed by atoms with Crippen molar-refractivity contribution in [3.8, 4) is 0 Å². The average Bonchev–Trinajstić information content (AvgIpc) is 2.44. The van der Waals surface area contributed by atoms with Crippen molar-refractivity contribution in [3.63, 3.8) is 0 Å². The number of hydrogen-bond donors (Lipinski definition) is 0. The molecule has 0 aliphatic carbocycles. The van der Waals surface area contributed by atoms with Gasteiger partial charge in [0.1, 0.15) is 5.60 Å². The van der Waals surface area contributed by atoms with E-state index in [2.05, 4.69) is 34.6 Å². The van der Waals surface area contributed by atoms with E-state index in [1.165, 1.54) is 12.8 Å². The first-order valence-corrected chi connectivity index (χ1v) is 8.76. The van der Waals surface area contributed by atoms with Crippen molar-refractivity contribution < 1.29 is 5.11 Å². The van der Waals surface area contributed by atoms with Gasteiger partial charge >= 0.3 is 0 Å². The fourth-order valence-corrected chi connectivity index (χ4v) is 3.57. The first-order valence-electron chi connectivity index (χ1n) is 8.76. The summed E-state index contributed by atoms with van der Waals surface area (Å²) in [5.74, 6) is 0. The molecule has 1 heteroatoms.